The van der Waals surface area contributed by atoms with E-state index in [0.29, 0.717) is 17.7 Å². The summed E-state index contributed by atoms with van der Waals surface area (Å²) in [7, 11) is 0. The van der Waals surface area contributed by atoms with E-state index in [0.717, 1.165) is 6.42 Å². The van der Waals surface area contributed by atoms with Crippen molar-refractivity contribution in [2.45, 2.75) is 6.42 Å². The number of carbonyl (C=O) groups excluding carboxylic acids is 1. The van der Waals surface area contributed by atoms with Crippen LogP contribution in [0.3, 0.4) is 0 Å². The number of benzene rings is 1. The van der Waals surface area contributed by atoms with Gasteiger partial charge >= 0.3 is 0 Å². The molecule has 0 unspecified atom stereocenters. The van der Waals surface area contributed by atoms with E-state index in [1.165, 1.54) is 0 Å². The molecule has 1 N–H and O–H groups in total. The predicted octanol–water partition coefficient (Wildman–Crippen LogP) is 1.86. The molecule has 1 rings (SSSR count). The highest BCUT2D eigenvalue weighted by atomic mass is 16.1. The van der Waals surface area contributed by atoms with Gasteiger partial charge in [-0.1, -0.05) is 6.08 Å². The molecule has 15 heavy (non-hydrogen) atoms. The van der Waals surface area contributed by atoms with Crippen LogP contribution in [0.15, 0.2) is 36.9 Å². The Morgan fingerprint density at radius 3 is 2.67 bits per heavy atom. The van der Waals surface area contributed by atoms with Gasteiger partial charge in [0.15, 0.2) is 0 Å². The van der Waals surface area contributed by atoms with Gasteiger partial charge in [-0.2, -0.15) is 5.26 Å². The molecule has 0 spiro atoms. The summed E-state index contributed by atoms with van der Waals surface area (Å²) < 4.78 is 0. The maximum Gasteiger partial charge on any atom is 0.251 e. The molecule has 0 atom stereocenters. The monoisotopic (exact) mass is 200 g/mol. The Kier molecular flexibility index (Phi) is 4.11. The Bertz CT molecular complexity index is 387. The second kappa shape index (κ2) is 5.61. The molecular formula is C12H12N2O. The molecule has 0 radical (unpaired) electrons. The van der Waals surface area contributed by atoms with Gasteiger partial charge in [-0.25, -0.2) is 0 Å². The lowest BCUT2D eigenvalue weighted by molar-refractivity contribution is 0.0954. The highest BCUT2D eigenvalue weighted by Gasteiger charge is 2.03. The topological polar surface area (TPSA) is 52.9 Å². The van der Waals surface area contributed by atoms with Crippen LogP contribution in [-0.2, 0) is 0 Å². The molecule has 1 aromatic carbocycles. The SMILES string of the molecule is C=CCCNC(=O)c1ccc(C#N)cc1. The third-order valence-corrected chi connectivity index (χ3v) is 1.91. The van der Waals surface area contributed by atoms with Gasteiger partial charge in [-0.3, -0.25) is 4.79 Å². The van der Waals surface area contributed by atoms with Crippen LogP contribution in [0.25, 0.3) is 0 Å². The molecular weight excluding hydrogens is 188 g/mol. The van der Waals surface area contributed by atoms with Crippen molar-refractivity contribution in [1.29, 1.82) is 5.26 Å². The quantitative estimate of drug-likeness (QED) is 0.595. The number of rotatable bonds is 4. The lowest BCUT2D eigenvalue weighted by atomic mass is 10.1. The average molecular weight is 200 g/mol. The fraction of sp³-hybridized carbons (Fsp3) is 0.167. The second-order valence-corrected chi connectivity index (χ2v) is 3.02. The van der Waals surface area contributed by atoms with E-state index in [1.807, 2.05) is 6.07 Å². The Labute approximate surface area is 89.0 Å². The van der Waals surface area contributed by atoms with Crippen molar-refractivity contribution in [1.82, 2.24) is 5.32 Å². The number of nitrogens with zero attached hydrogens (tertiary/aromatic N) is 1. The first-order chi connectivity index (χ1) is 7.27. The Hall–Kier alpha value is -2.08. The second-order valence-electron chi connectivity index (χ2n) is 3.02. The van der Waals surface area contributed by atoms with E-state index in [4.69, 9.17) is 5.26 Å². The summed E-state index contributed by atoms with van der Waals surface area (Å²) in [6.07, 6.45) is 2.50. The minimum absolute atomic E-state index is 0.124. The first-order valence-electron chi connectivity index (χ1n) is 4.67. The first-order valence-corrected chi connectivity index (χ1v) is 4.67. The zero-order chi connectivity index (χ0) is 11.1. The highest BCUT2D eigenvalue weighted by molar-refractivity contribution is 5.94. The lowest BCUT2D eigenvalue weighted by Crippen LogP contribution is -2.23. The molecule has 0 heterocycles. The third-order valence-electron chi connectivity index (χ3n) is 1.91. The van der Waals surface area contributed by atoms with Crippen molar-refractivity contribution in [3.8, 4) is 6.07 Å². The maximum atomic E-state index is 11.5. The van der Waals surface area contributed by atoms with Gasteiger partial charge in [-0.15, -0.1) is 6.58 Å². The van der Waals surface area contributed by atoms with Crippen molar-refractivity contribution in [2.75, 3.05) is 6.54 Å². The van der Waals surface area contributed by atoms with Crippen molar-refractivity contribution < 1.29 is 4.79 Å². The summed E-state index contributed by atoms with van der Waals surface area (Å²) in [5, 5.41) is 11.3. The molecule has 0 fully saturated rings. The van der Waals surface area contributed by atoms with Crippen LogP contribution >= 0.6 is 0 Å². The molecule has 3 heteroatoms. The largest absolute Gasteiger partial charge is 0.352 e. The molecule has 1 aromatic rings. The normalized spacial score (nSPS) is 9.00. The molecule has 0 aliphatic heterocycles. The van der Waals surface area contributed by atoms with Crippen molar-refractivity contribution in [3.63, 3.8) is 0 Å². The molecule has 0 saturated carbocycles. The number of nitriles is 1. The zero-order valence-electron chi connectivity index (χ0n) is 8.36. The standard InChI is InChI=1S/C12H12N2O/c1-2-3-8-14-12(15)11-6-4-10(9-13)5-7-11/h2,4-7H,1,3,8H2,(H,14,15). The van der Waals surface area contributed by atoms with E-state index in [1.54, 1.807) is 30.3 Å². The van der Waals surface area contributed by atoms with E-state index in [-0.39, 0.29) is 5.91 Å². The number of carbonyl (C=O) groups is 1. The molecule has 1 amide bonds. The summed E-state index contributed by atoms with van der Waals surface area (Å²) in [4.78, 5) is 11.5. The van der Waals surface area contributed by atoms with E-state index < -0.39 is 0 Å². The smallest absolute Gasteiger partial charge is 0.251 e. The fourth-order valence-corrected chi connectivity index (χ4v) is 1.09. The van der Waals surface area contributed by atoms with Gasteiger partial charge in [0.2, 0.25) is 0 Å². The summed E-state index contributed by atoms with van der Waals surface area (Å²) in [5.74, 6) is -0.124. The molecule has 3 nitrogen and oxygen atoms in total. The average Bonchev–Trinajstić information content (AvgIpc) is 2.29. The number of nitrogens with one attached hydrogen (secondary N) is 1. The minimum Gasteiger partial charge on any atom is -0.352 e. The maximum absolute atomic E-state index is 11.5. The number of hydrogen-bond acceptors (Lipinski definition) is 2. The lowest BCUT2D eigenvalue weighted by Gasteiger charge is -2.02. The number of amides is 1. The van der Waals surface area contributed by atoms with Crippen molar-refractivity contribution in [3.05, 3.63) is 48.0 Å². The molecule has 0 aromatic heterocycles. The van der Waals surface area contributed by atoms with Gasteiger partial charge in [0, 0.05) is 12.1 Å². The summed E-state index contributed by atoms with van der Waals surface area (Å²) in [5.41, 5.74) is 1.12. The Morgan fingerprint density at radius 1 is 1.47 bits per heavy atom. The van der Waals surface area contributed by atoms with Gasteiger partial charge in [0.25, 0.3) is 5.91 Å². The Balaban J connectivity index is 2.59. The van der Waals surface area contributed by atoms with Crippen LogP contribution in [0, 0.1) is 11.3 Å². The molecule has 76 valence electrons. The summed E-state index contributed by atoms with van der Waals surface area (Å²) in [6, 6.07) is 8.54. The van der Waals surface area contributed by atoms with Crippen LogP contribution in [0.1, 0.15) is 22.3 Å². The van der Waals surface area contributed by atoms with Crippen LogP contribution in [0.5, 0.6) is 0 Å². The highest BCUT2D eigenvalue weighted by Crippen LogP contribution is 2.02. The van der Waals surface area contributed by atoms with Crippen molar-refractivity contribution in [2.24, 2.45) is 0 Å². The van der Waals surface area contributed by atoms with Gasteiger partial charge in [-0.05, 0) is 30.7 Å². The molecule has 0 aliphatic rings. The van der Waals surface area contributed by atoms with Gasteiger partial charge in [0.1, 0.15) is 0 Å². The first kappa shape index (κ1) is 11.0. The van der Waals surface area contributed by atoms with E-state index in [9.17, 15) is 4.79 Å². The van der Waals surface area contributed by atoms with Crippen LogP contribution < -0.4 is 5.32 Å². The Morgan fingerprint density at radius 2 is 2.13 bits per heavy atom. The summed E-state index contributed by atoms with van der Waals surface area (Å²) in [6.45, 7) is 4.15. The molecule has 0 saturated heterocycles. The van der Waals surface area contributed by atoms with Crippen LogP contribution in [0.2, 0.25) is 0 Å². The molecule has 0 aliphatic carbocycles. The van der Waals surface area contributed by atoms with Crippen LogP contribution in [-0.4, -0.2) is 12.5 Å². The fourth-order valence-electron chi connectivity index (χ4n) is 1.09. The van der Waals surface area contributed by atoms with E-state index in [2.05, 4.69) is 11.9 Å². The molecule has 0 bridgehead atoms. The van der Waals surface area contributed by atoms with E-state index >= 15 is 0 Å². The van der Waals surface area contributed by atoms with Crippen LogP contribution in [0.4, 0.5) is 0 Å². The third kappa shape index (κ3) is 3.28. The number of hydrogen-bond donors (Lipinski definition) is 1. The zero-order valence-corrected chi connectivity index (χ0v) is 8.36. The van der Waals surface area contributed by atoms with Gasteiger partial charge < -0.3 is 5.32 Å². The minimum atomic E-state index is -0.124. The van der Waals surface area contributed by atoms with Gasteiger partial charge in [0.05, 0.1) is 11.6 Å². The predicted molar refractivity (Wildman–Crippen MR) is 58.3 cm³/mol. The summed E-state index contributed by atoms with van der Waals surface area (Å²) >= 11 is 0. The van der Waals surface area contributed by atoms with Crippen molar-refractivity contribution >= 4 is 5.91 Å².